The smallest absolute Gasteiger partial charge is 0.451 e. The van der Waals surface area contributed by atoms with E-state index in [1.807, 2.05) is 4.90 Å². The summed E-state index contributed by atoms with van der Waals surface area (Å²) in [4.78, 5) is 40.1. The molecule has 11 heteroatoms. The summed E-state index contributed by atoms with van der Waals surface area (Å²) in [6, 6.07) is 0.143. The molecule has 0 unspecified atom stereocenters. The molecule has 2 aliphatic rings. The van der Waals surface area contributed by atoms with Crippen molar-refractivity contribution in [3.8, 4) is 0 Å². The monoisotopic (exact) mass is 408 g/mol. The zero-order chi connectivity index (χ0) is 21.3. The highest BCUT2D eigenvalue weighted by Crippen LogP contribution is 2.36. The largest absolute Gasteiger partial charge is 0.480 e. The summed E-state index contributed by atoms with van der Waals surface area (Å²) >= 11 is 0. The molecule has 0 saturated carbocycles. The highest BCUT2D eigenvalue weighted by Gasteiger charge is 2.51. The standard InChI is InChI=1S/C18H29BN4O6/c1-22(12-4-7-21-8-5-12)13-14(16(25)15(13)24)23-9-11(3-2-6-19(28)29)18(20,10-23)17(26)27/h11-12,21,28-29H,2-10,20H2,1H3,(H,26,27)/t11-,18-/m0/s1. The van der Waals surface area contributed by atoms with Gasteiger partial charge >= 0.3 is 13.1 Å². The number of carboxylic acid groups (broad SMARTS) is 1. The maximum absolute atomic E-state index is 12.4. The molecule has 10 nitrogen and oxygen atoms in total. The zero-order valence-corrected chi connectivity index (χ0v) is 16.6. The van der Waals surface area contributed by atoms with Crippen molar-refractivity contribution in [1.29, 1.82) is 0 Å². The number of nitrogens with zero attached hydrogens (tertiary/aromatic N) is 2. The minimum atomic E-state index is -1.56. The van der Waals surface area contributed by atoms with Crippen LogP contribution in [0.2, 0.25) is 6.32 Å². The van der Waals surface area contributed by atoms with Gasteiger partial charge in [0.2, 0.25) is 0 Å². The van der Waals surface area contributed by atoms with Gasteiger partial charge in [-0.25, -0.2) is 0 Å². The molecule has 0 spiro atoms. The zero-order valence-electron chi connectivity index (χ0n) is 16.6. The minimum absolute atomic E-state index is 0.0629. The minimum Gasteiger partial charge on any atom is -0.480 e. The lowest BCUT2D eigenvalue weighted by atomic mass is 9.78. The number of rotatable bonds is 8. The molecule has 2 atom stereocenters. The highest BCUT2D eigenvalue weighted by molar-refractivity contribution is 6.40. The Labute approximate surface area is 169 Å². The maximum Gasteiger partial charge on any atom is 0.451 e. The second-order valence-corrected chi connectivity index (χ2v) is 8.28. The van der Waals surface area contributed by atoms with E-state index in [0.29, 0.717) is 18.5 Å². The van der Waals surface area contributed by atoms with Gasteiger partial charge in [-0.3, -0.25) is 14.4 Å². The van der Waals surface area contributed by atoms with Crippen LogP contribution in [-0.4, -0.2) is 73.0 Å². The quantitative estimate of drug-likeness (QED) is 0.239. The van der Waals surface area contributed by atoms with E-state index >= 15 is 0 Å². The van der Waals surface area contributed by atoms with Crippen molar-refractivity contribution in [1.82, 2.24) is 5.32 Å². The SMILES string of the molecule is CN(c1c(N2C[C@H](CCCB(O)O)[C@](N)(C(=O)O)C2)c(=O)c1=O)C1CCNCC1. The van der Waals surface area contributed by atoms with E-state index in [2.05, 4.69) is 5.32 Å². The molecule has 0 bridgehead atoms. The second-order valence-electron chi connectivity index (χ2n) is 8.28. The van der Waals surface area contributed by atoms with Crippen LogP contribution in [0.3, 0.4) is 0 Å². The van der Waals surface area contributed by atoms with Crippen LogP contribution >= 0.6 is 0 Å². The van der Waals surface area contributed by atoms with Crippen molar-refractivity contribution in [2.75, 3.05) is 43.0 Å². The van der Waals surface area contributed by atoms with E-state index in [1.54, 1.807) is 11.9 Å². The van der Waals surface area contributed by atoms with Crippen molar-refractivity contribution < 1.29 is 19.9 Å². The van der Waals surface area contributed by atoms with E-state index in [-0.39, 0.29) is 31.1 Å². The number of aliphatic carboxylic acids is 1. The molecule has 2 aliphatic heterocycles. The number of hydrogen-bond acceptors (Lipinski definition) is 9. The lowest BCUT2D eigenvalue weighted by molar-refractivity contribution is -0.144. The van der Waals surface area contributed by atoms with E-state index in [4.69, 9.17) is 15.8 Å². The van der Waals surface area contributed by atoms with Gasteiger partial charge in [0.05, 0.1) is 0 Å². The highest BCUT2D eigenvalue weighted by atomic mass is 16.4. The Hall–Kier alpha value is -1.95. The first-order valence-corrected chi connectivity index (χ1v) is 10.1. The van der Waals surface area contributed by atoms with Crippen LogP contribution in [0.5, 0.6) is 0 Å². The average Bonchev–Trinajstić information content (AvgIpc) is 3.02. The number of carboxylic acids is 1. The van der Waals surface area contributed by atoms with Gasteiger partial charge in [0.1, 0.15) is 16.9 Å². The Bertz CT molecular complexity index is 820. The Kier molecular flexibility index (Phi) is 6.32. The molecule has 2 heterocycles. The van der Waals surface area contributed by atoms with Crippen molar-refractivity contribution in [2.45, 2.75) is 43.6 Å². The summed E-state index contributed by atoms with van der Waals surface area (Å²) in [5.74, 6) is -1.64. The van der Waals surface area contributed by atoms with Crippen molar-refractivity contribution in [3.63, 3.8) is 0 Å². The number of anilines is 2. The van der Waals surface area contributed by atoms with Crippen LogP contribution in [-0.2, 0) is 4.79 Å². The van der Waals surface area contributed by atoms with E-state index in [9.17, 15) is 19.5 Å². The van der Waals surface area contributed by atoms with Crippen LogP contribution in [0.1, 0.15) is 25.7 Å². The fourth-order valence-electron chi connectivity index (χ4n) is 4.61. The molecule has 3 rings (SSSR count). The Morgan fingerprint density at radius 1 is 1.31 bits per heavy atom. The molecule has 1 aromatic rings. The number of piperidine rings is 1. The molecule has 0 aliphatic carbocycles. The van der Waals surface area contributed by atoms with Crippen molar-refractivity contribution in [2.24, 2.45) is 11.7 Å². The van der Waals surface area contributed by atoms with Crippen LogP contribution in [0.4, 0.5) is 11.4 Å². The fraction of sp³-hybridized carbons (Fsp3) is 0.722. The predicted octanol–water partition coefficient (Wildman–Crippen LogP) is -2.06. The van der Waals surface area contributed by atoms with Gasteiger partial charge in [-0.05, 0) is 38.7 Å². The molecule has 2 saturated heterocycles. The number of nitrogens with one attached hydrogen (secondary N) is 1. The lowest BCUT2D eigenvalue weighted by Gasteiger charge is -2.36. The maximum atomic E-state index is 12.4. The normalized spacial score (nSPS) is 25.5. The molecule has 160 valence electrons. The van der Waals surface area contributed by atoms with Crippen molar-refractivity contribution in [3.05, 3.63) is 20.4 Å². The van der Waals surface area contributed by atoms with Gasteiger partial charge in [0.25, 0.3) is 10.9 Å². The third-order valence-electron chi connectivity index (χ3n) is 6.42. The third kappa shape index (κ3) is 4.04. The Balaban J connectivity index is 1.82. The second kappa shape index (κ2) is 8.43. The van der Waals surface area contributed by atoms with Gasteiger partial charge < -0.3 is 36.0 Å². The number of nitrogens with two attached hydrogens (primary N) is 1. The molecular formula is C18H29BN4O6. The van der Waals surface area contributed by atoms with Crippen LogP contribution in [0.15, 0.2) is 9.59 Å². The van der Waals surface area contributed by atoms with E-state index in [0.717, 1.165) is 25.9 Å². The summed E-state index contributed by atoms with van der Waals surface area (Å²) < 4.78 is 0. The topological polar surface area (TPSA) is 156 Å². The third-order valence-corrected chi connectivity index (χ3v) is 6.42. The predicted molar refractivity (Wildman–Crippen MR) is 110 cm³/mol. The summed E-state index contributed by atoms with van der Waals surface area (Å²) in [5.41, 5.74) is 4.12. The van der Waals surface area contributed by atoms with Crippen LogP contribution in [0, 0.1) is 5.92 Å². The summed E-state index contributed by atoms with van der Waals surface area (Å²) in [7, 11) is 0.349. The van der Waals surface area contributed by atoms with Crippen molar-refractivity contribution >= 4 is 24.5 Å². The first-order chi connectivity index (χ1) is 13.7. The molecular weight excluding hydrogens is 379 g/mol. The van der Waals surface area contributed by atoms with Gasteiger partial charge in [-0.2, -0.15) is 0 Å². The summed E-state index contributed by atoms with van der Waals surface area (Å²) in [6.07, 6.45) is 2.62. The molecule has 0 aromatic heterocycles. The van der Waals surface area contributed by atoms with Gasteiger partial charge in [-0.1, -0.05) is 6.42 Å². The molecule has 0 amide bonds. The molecule has 2 fully saturated rings. The first kappa shape index (κ1) is 21.8. The first-order valence-electron chi connectivity index (χ1n) is 10.1. The van der Waals surface area contributed by atoms with Gasteiger partial charge in [0, 0.05) is 32.1 Å². The molecule has 6 N–H and O–H groups in total. The average molecular weight is 408 g/mol. The number of carbonyl (C=O) groups is 1. The van der Waals surface area contributed by atoms with Gasteiger partial charge in [0.15, 0.2) is 0 Å². The number of hydrogen-bond donors (Lipinski definition) is 5. The summed E-state index contributed by atoms with van der Waals surface area (Å²) in [5, 5.41) is 31.0. The summed E-state index contributed by atoms with van der Waals surface area (Å²) in [6.45, 7) is 1.86. The van der Waals surface area contributed by atoms with Gasteiger partial charge in [-0.15, -0.1) is 0 Å². The van der Waals surface area contributed by atoms with E-state index in [1.165, 1.54) is 0 Å². The molecule has 29 heavy (non-hydrogen) atoms. The Morgan fingerprint density at radius 3 is 2.55 bits per heavy atom. The Morgan fingerprint density at radius 2 is 1.97 bits per heavy atom. The lowest BCUT2D eigenvalue weighted by Crippen LogP contribution is -2.55. The van der Waals surface area contributed by atoms with E-state index < -0.39 is 35.4 Å². The molecule has 0 radical (unpaired) electrons. The van der Waals surface area contributed by atoms with Crippen LogP contribution in [0.25, 0.3) is 0 Å². The fourth-order valence-corrected chi connectivity index (χ4v) is 4.61. The van der Waals surface area contributed by atoms with Crippen LogP contribution < -0.4 is 31.7 Å². The molecule has 1 aromatic carbocycles.